The molecule has 2 rings (SSSR count). The maximum atomic E-state index is 9.75. The molecule has 1 atom stereocenters. The van der Waals surface area contributed by atoms with Crippen LogP contribution < -0.4 is 10.5 Å². The molecule has 0 bridgehead atoms. The van der Waals surface area contributed by atoms with E-state index in [0.29, 0.717) is 18.9 Å². The summed E-state index contributed by atoms with van der Waals surface area (Å²) in [5.41, 5.74) is 8.02. The molecule has 0 saturated heterocycles. The van der Waals surface area contributed by atoms with Crippen molar-refractivity contribution in [1.82, 2.24) is 0 Å². The number of benzene rings is 2. The third kappa shape index (κ3) is 3.90. The summed E-state index contributed by atoms with van der Waals surface area (Å²) in [7, 11) is 0. The van der Waals surface area contributed by atoms with Gasteiger partial charge in [-0.1, -0.05) is 35.9 Å². The molecule has 0 aromatic heterocycles. The lowest BCUT2D eigenvalue weighted by atomic mass is 9.92. The predicted molar refractivity (Wildman–Crippen MR) is 86.2 cm³/mol. The van der Waals surface area contributed by atoms with Crippen molar-refractivity contribution in [3.05, 3.63) is 58.6 Å². The fourth-order valence-electron chi connectivity index (χ4n) is 2.37. The first-order chi connectivity index (χ1) is 10.2. The molecule has 0 heterocycles. The lowest BCUT2D eigenvalue weighted by Crippen LogP contribution is -2.15. The molecule has 0 saturated carbocycles. The van der Waals surface area contributed by atoms with E-state index in [9.17, 15) is 5.11 Å². The number of hydrogen-bond acceptors (Lipinski definition) is 3. The van der Waals surface area contributed by atoms with Gasteiger partial charge in [0.15, 0.2) is 11.5 Å². The van der Waals surface area contributed by atoms with E-state index >= 15 is 0 Å². The number of hydrogen-bond donors (Lipinski definition) is 2. The maximum Gasteiger partial charge on any atom is 0.161 e. The quantitative estimate of drug-likeness (QED) is 0.855. The summed E-state index contributed by atoms with van der Waals surface area (Å²) in [6, 6.07) is 13.2. The van der Waals surface area contributed by atoms with Gasteiger partial charge in [0.2, 0.25) is 0 Å². The Morgan fingerprint density at radius 3 is 2.67 bits per heavy atom. The van der Waals surface area contributed by atoms with Crippen molar-refractivity contribution in [3.8, 4) is 11.5 Å². The standard InChI is InChI=1S/C17H20ClNO2/c1-2-21-17-10-12(7-8-16(17)20)9-13(11-19)14-5-3-4-6-15(14)18/h3-8,10,13,20H,2,9,11,19H2,1H3. The highest BCUT2D eigenvalue weighted by molar-refractivity contribution is 6.31. The Morgan fingerprint density at radius 1 is 1.24 bits per heavy atom. The summed E-state index contributed by atoms with van der Waals surface area (Å²) in [5, 5.41) is 10.5. The third-order valence-corrected chi connectivity index (χ3v) is 3.78. The topological polar surface area (TPSA) is 55.5 Å². The van der Waals surface area contributed by atoms with E-state index in [1.165, 1.54) is 0 Å². The maximum absolute atomic E-state index is 9.75. The molecular formula is C17H20ClNO2. The molecule has 3 N–H and O–H groups in total. The van der Waals surface area contributed by atoms with Crippen LogP contribution >= 0.6 is 11.6 Å². The van der Waals surface area contributed by atoms with Crippen LogP contribution in [-0.2, 0) is 6.42 Å². The van der Waals surface area contributed by atoms with Crippen LogP contribution in [0.2, 0.25) is 5.02 Å². The van der Waals surface area contributed by atoms with Gasteiger partial charge in [0.05, 0.1) is 6.61 Å². The molecule has 0 aliphatic rings. The normalized spacial score (nSPS) is 12.1. The van der Waals surface area contributed by atoms with Crippen LogP contribution in [0.25, 0.3) is 0 Å². The minimum absolute atomic E-state index is 0.137. The Bertz CT molecular complexity index is 601. The predicted octanol–water partition coefficient (Wildman–Crippen LogP) is 3.73. The lowest BCUT2D eigenvalue weighted by Gasteiger charge is -2.17. The van der Waals surface area contributed by atoms with Crippen LogP contribution in [0.1, 0.15) is 24.0 Å². The number of halogens is 1. The molecule has 0 spiro atoms. The number of aromatic hydroxyl groups is 1. The van der Waals surface area contributed by atoms with Crippen molar-refractivity contribution in [2.45, 2.75) is 19.3 Å². The molecule has 2 aromatic carbocycles. The van der Waals surface area contributed by atoms with Crippen molar-refractivity contribution in [2.24, 2.45) is 5.73 Å². The molecule has 2 aromatic rings. The summed E-state index contributed by atoms with van der Waals surface area (Å²) in [6.07, 6.45) is 0.751. The number of phenols is 1. The second-order valence-corrected chi connectivity index (χ2v) is 5.30. The lowest BCUT2D eigenvalue weighted by molar-refractivity contribution is 0.317. The van der Waals surface area contributed by atoms with E-state index in [0.717, 1.165) is 22.6 Å². The molecule has 21 heavy (non-hydrogen) atoms. The second-order valence-electron chi connectivity index (χ2n) is 4.89. The van der Waals surface area contributed by atoms with E-state index in [1.807, 2.05) is 43.3 Å². The summed E-state index contributed by atoms with van der Waals surface area (Å²) < 4.78 is 5.41. The van der Waals surface area contributed by atoms with Gasteiger partial charge >= 0.3 is 0 Å². The number of ether oxygens (including phenoxy) is 1. The minimum Gasteiger partial charge on any atom is -0.504 e. The Kier molecular flexibility index (Phi) is 5.48. The Balaban J connectivity index is 2.23. The molecule has 3 nitrogen and oxygen atoms in total. The van der Waals surface area contributed by atoms with Gasteiger partial charge < -0.3 is 15.6 Å². The molecule has 4 heteroatoms. The summed E-state index contributed by atoms with van der Waals surface area (Å²) in [4.78, 5) is 0. The Labute approximate surface area is 130 Å². The highest BCUT2D eigenvalue weighted by Crippen LogP contribution is 2.31. The van der Waals surface area contributed by atoms with Crippen molar-refractivity contribution in [3.63, 3.8) is 0 Å². The summed E-state index contributed by atoms with van der Waals surface area (Å²) >= 11 is 6.25. The highest BCUT2D eigenvalue weighted by Gasteiger charge is 2.15. The fourth-order valence-corrected chi connectivity index (χ4v) is 2.66. The first kappa shape index (κ1) is 15.7. The summed E-state index contributed by atoms with van der Waals surface area (Å²) in [5.74, 6) is 0.797. The van der Waals surface area contributed by atoms with Crippen molar-refractivity contribution < 1.29 is 9.84 Å². The zero-order valence-corrected chi connectivity index (χ0v) is 12.8. The van der Waals surface area contributed by atoms with Crippen molar-refractivity contribution in [2.75, 3.05) is 13.2 Å². The average Bonchev–Trinajstić information content (AvgIpc) is 2.49. The molecule has 112 valence electrons. The SMILES string of the molecule is CCOc1cc(CC(CN)c2ccccc2Cl)ccc1O. The number of rotatable bonds is 6. The van der Waals surface area contributed by atoms with Crippen LogP contribution in [-0.4, -0.2) is 18.3 Å². The first-order valence-electron chi connectivity index (χ1n) is 7.04. The molecule has 0 radical (unpaired) electrons. The van der Waals surface area contributed by atoms with Gasteiger partial charge in [0.1, 0.15) is 0 Å². The molecule has 0 fully saturated rings. The average molecular weight is 306 g/mol. The van der Waals surface area contributed by atoms with Gasteiger partial charge in [-0.25, -0.2) is 0 Å². The van der Waals surface area contributed by atoms with E-state index in [4.69, 9.17) is 22.1 Å². The molecule has 1 unspecified atom stereocenters. The van der Waals surface area contributed by atoms with Gasteiger partial charge in [0.25, 0.3) is 0 Å². The van der Waals surface area contributed by atoms with Crippen LogP contribution in [0.15, 0.2) is 42.5 Å². The molecule has 0 amide bonds. The third-order valence-electron chi connectivity index (χ3n) is 3.44. The van der Waals surface area contributed by atoms with Gasteiger partial charge in [-0.05, 0) is 49.2 Å². The number of nitrogens with two attached hydrogens (primary N) is 1. The van der Waals surface area contributed by atoms with Crippen LogP contribution in [0.5, 0.6) is 11.5 Å². The fraction of sp³-hybridized carbons (Fsp3) is 0.294. The van der Waals surface area contributed by atoms with Gasteiger partial charge in [-0.3, -0.25) is 0 Å². The van der Waals surface area contributed by atoms with Crippen LogP contribution in [0, 0.1) is 0 Å². The smallest absolute Gasteiger partial charge is 0.161 e. The first-order valence-corrected chi connectivity index (χ1v) is 7.42. The monoisotopic (exact) mass is 305 g/mol. The van der Waals surface area contributed by atoms with Gasteiger partial charge in [0, 0.05) is 10.9 Å². The Morgan fingerprint density at radius 2 is 2.00 bits per heavy atom. The van der Waals surface area contributed by atoms with Gasteiger partial charge in [-0.15, -0.1) is 0 Å². The van der Waals surface area contributed by atoms with Crippen LogP contribution in [0.3, 0.4) is 0 Å². The molecular weight excluding hydrogens is 286 g/mol. The van der Waals surface area contributed by atoms with Crippen molar-refractivity contribution in [1.29, 1.82) is 0 Å². The zero-order chi connectivity index (χ0) is 15.2. The highest BCUT2D eigenvalue weighted by atomic mass is 35.5. The minimum atomic E-state index is 0.137. The van der Waals surface area contributed by atoms with E-state index in [1.54, 1.807) is 6.07 Å². The summed E-state index contributed by atoms with van der Waals surface area (Å²) in [6.45, 7) is 2.91. The number of phenolic OH excluding ortho intramolecular Hbond substituents is 1. The second kappa shape index (κ2) is 7.34. The van der Waals surface area contributed by atoms with E-state index < -0.39 is 0 Å². The van der Waals surface area contributed by atoms with E-state index in [2.05, 4.69) is 0 Å². The Hall–Kier alpha value is -1.71. The largest absolute Gasteiger partial charge is 0.504 e. The van der Waals surface area contributed by atoms with Crippen molar-refractivity contribution >= 4 is 11.6 Å². The molecule has 0 aliphatic carbocycles. The van der Waals surface area contributed by atoms with Crippen LogP contribution in [0.4, 0.5) is 0 Å². The van der Waals surface area contributed by atoms with Gasteiger partial charge in [-0.2, -0.15) is 0 Å². The molecule has 0 aliphatic heterocycles. The van der Waals surface area contributed by atoms with E-state index in [-0.39, 0.29) is 11.7 Å². The zero-order valence-electron chi connectivity index (χ0n) is 12.1.